The summed E-state index contributed by atoms with van der Waals surface area (Å²) in [6.45, 7) is 1.31. The van der Waals surface area contributed by atoms with Gasteiger partial charge in [0.2, 0.25) is 10.0 Å². The highest BCUT2D eigenvalue weighted by Gasteiger charge is 2.34. The molecule has 1 amide bonds. The number of sulfonamides is 1. The lowest BCUT2D eigenvalue weighted by Gasteiger charge is -2.26. The highest BCUT2D eigenvalue weighted by Crippen LogP contribution is 2.48. The van der Waals surface area contributed by atoms with E-state index in [0.29, 0.717) is 33.7 Å². The van der Waals surface area contributed by atoms with Gasteiger partial charge in [0, 0.05) is 17.0 Å². The minimum Gasteiger partial charge on any atom is -0.457 e. The molecule has 0 radical (unpaired) electrons. The number of benzene rings is 3. The molecular weight excluding hydrogens is 555 g/mol. The van der Waals surface area contributed by atoms with Crippen LogP contribution >= 0.6 is 0 Å². The summed E-state index contributed by atoms with van der Waals surface area (Å²) in [5.41, 5.74) is 6.67. The quantitative estimate of drug-likeness (QED) is 0.200. The van der Waals surface area contributed by atoms with Crippen LogP contribution in [0.25, 0.3) is 22.3 Å². The maximum atomic E-state index is 13.2. The third-order valence-electron chi connectivity index (χ3n) is 6.52. The average Bonchev–Trinajstić information content (AvgIpc) is 3.67. The number of hydrogen-bond donors (Lipinski definition) is 2. The number of nitrogens with two attached hydrogens (primary N) is 1. The molecule has 12 heteroatoms. The van der Waals surface area contributed by atoms with Crippen LogP contribution in [-0.2, 0) is 14.8 Å². The fourth-order valence-electron chi connectivity index (χ4n) is 4.60. The van der Waals surface area contributed by atoms with Gasteiger partial charge in [0.25, 0.3) is 0 Å². The molecule has 5 rings (SSSR count). The van der Waals surface area contributed by atoms with E-state index in [9.17, 15) is 27.5 Å². The van der Waals surface area contributed by atoms with Crippen LogP contribution in [0.4, 0.5) is 14.9 Å². The van der Waals surface area contributed by atoms with Crippen molar-refractivity contribution in [3.63, 3.8) is 0 Å². The highest BCUT2D eigenvalue weighted by molar-refractivity contribution is 7.92. The largest absolute Gasteiger partial charge is 0.457 e. The zero-order valence-corrected chi connectivity index (χ0v) is 23.0. The van der Waals surface area contributed by atoms with Crippen LogP contribution in [0.1, 0.15) is 41.6 Å². The van der Waals surface area contributed by atoms with E-state index in [1.54, 1.807) is 30.3 Å². The van der Waals surface area contributed by atoms with Crippen molar-refractivity contribution in [1.29, 1.82) is 0 Å². The van der Waals surface area contributed by atoms with Crippen molar-refractivity contribution < 1.29 is 41.4 Å². The Kier molecular flexibility index (Phi) is 7.45. The Morgan fingerprint density at radius 3 is 2.24 bits per heavy atom. The van der Waals surface area contributed by atoms with Crippen LogP contribution in [-0.4, -0.2) is 44.5 Å². The summed E-state index contributed by atoms with van der Waals surface area (Å²) in [5.74, 6) is -0.476. The van der Waals surface area contributed by atoms with Crippen LogP contribution in [0.2, 0.25) is 0 Å². The second kappa shape index (κ2) is 10.9. The lowest BCUT2D eigenvalue weighted by Crippen LogP contribution is -2.36. The Hall–Kier alpha value is -4.42. The van der Waals surface area contributed by atoms with Gasteiger partial charge in [0.15, 0.2) is 0 Å². The van der Waals surface area contributed by atoms with Crippen LogP contribution in [0.5, 0.6) is 11.5 Å². The number of nitrogens with zero attached hydrogens (tertiary/aromatic N) is 1. The van der Waals surface area contributed by atoms with Gasteiger partial charge in [-0.3, -0.25) is 4.31 Å². The Morgan fingerprint density at radius 2 is 1.71 bits per heavy atom. The summed E-state index contributed by atoms with van der Waals surface area (Å²) in [7, 11) is -3.79. The first-order chi connectivity index (χ1) is 19.4. The molecule has 4 aromatic rings. The summed E-state index contributed by atoms with van der Waals surface area (Å²) in [6.07, 6.45) is 0.432. The van der Waals surface area contributed by atoms with E-state index in [2.05, 4.69) is 0 Å². The van der Waals surface area contributed by atoms with Gasteiger partial charge in [-0.05, 0) is 85.8 Å². The van der Waals surface area contributed by atoms with E-state index < -0.39 is 34.0 Å². The summed E-state index contributed by atoms with van der Waals surface area (Å²) >= 11 is 0. The SMILES string of the molecule is CC(O)CN(c1cc2oc(-c3ccc(Oc4ccc(F)cc4)cc3)c(C(=O)OC(N)=O)c2cc1C1CC1)S(C)(=O)=O. The number of amides is 1. The molecule has 0 saturated heterocycles. The number of primary amides is 1. The van der Waals surface area contributed by atoms with E-state index in [1.165, 1.54) is 37.3 Å². The van der Waals surface area contributed by atoms with E-state index in [1.807, 2.05) is 0 Å². The molecular formula is C29H27FN2O8S. The number of hydrogen-bond acceptors (Lipinski definition) is 8. The second-order valence-electron chi connectivity index (χ2n) is 9.92. The lowest BCUT2D eigenvalue weighted by molar-refractivity contribution is 0.0640. The number of aliphatic hydroxyl groups is 1. The minimum absolute atomic E-state index is 0.0360. The molecule has 0 spiro atoms. The number of fused-ring (bicyclic) bond motifs is 1. The van der Waals surface area contributed by atoms with Gasteiger partial charge >= 0.3 is 12.1 Å². The molecule has 1 unspecified atom stereocenters. The summed E-state index contributed by atoms with van der Waals surface area (Å²) < 4.78 is 56.4. The summed E-state index contributed by atoms with van der Waals surface area (Å²) in [5, 5.41) is 10.3. The number of carbonyl (C=O) groups excluding carboxylic acids is 2. The van der Waals surface area contributed by atoms with Crippen molar-refractivity contribution in [1.82, 2.24) is 0 Å². The van der Waals surface area contributed by atoms with Crippen LogP contribution in [0, 0.1) is 5.82 Å². The van der Waals surface area contributed by atoms with E-state index >= 15 is 0 Å². The van der Waals surface area contributed by atoms with Gasteiger partial charge in [-0.15, -0.1) is 0 Å². The second-order valence-corrected chi connectivity index (χ2v) is 11.8. The van der Waals surface area contributed by atoms with Crippen LogP contribution < -0.4 is 14.8 Å². The van der Waals surface area contributed by atoms with Gasteiger partial charge in [-0.1, -0.05) is 0 Å². The number of rotatable bonds is 9. The van der Waals surface area contributed by atoms with E-state index in [4.69, 9.17) is 19.6 Å². The fourth-order valence-corrected chi connectivity index (χ4v) is 5.60. The zero-order valence-electron chi connectivity index (χ0n) is 22.2. The Bertz CT molecular complexity index is 1730. The number of furan rings is 1. The van der Waals surface area contributed by atoms with Crippen molar-refractivity contribution in [3.05, 3.63) is 77.6 Å². The van der Waals surface area contributed by atoms with Crippen molar-refractivity contribution in [2.75, 3.05) is 17.1 Å². The van der Waals surface area contributed by atoms with Crippen molar-refractivity contribution in [2.45, 2.75) is 31.8 Å². The van der Waals surface area contributed by atoms with Gasteiger partial charge in [-0.25, -0.2) is 22.4 Å². The fraction of sp³-hybridized carbons (Fsp3) is 0.241. The van der Waals surface area contributed by atoms with Crippen molar-refractivity contribution in [3.8, 4) is 22.8 Å². The molecule has 1 aliphatic rings. The molecule has 1 atom stereocenters. The van der Waals surface area contributed by atoms with E-state index in [0.717, 1.165) is 23.4 Å². The molecule has 1 fully saturated rings. The predicted molar refractivity (Wildman–Crippen MR) is 149 cm³/mol. The molecule has 0 aliphatic heterocycles. The standard InChI is InChI=1S/C29H27FN2O8S/c1-16(33)15-32(41(2,36)37)24-14-25-23(13-22(24)17-3-4-17)26(28(34)40-29(31)35)27(39-25)18-5-9-20(10-6-18)38-21-11-7-19(30)8-12-21/h5-14,16-17,33H,3-4,15H2,1-2H3,(H2,31,35). The molecule has 3 N–H and O–H groups in total. The first-order valence-electron chi connectivity index (χ1n) is 12.7. The third kappa shape index (κ3) is 6.18. The molecule has 1 aromatic heterocycles. The molecule has 1 heterocycles. The van der Waals surface area contributed by atoms with Crippen LogP contribution in [0.3, 0.4) is 0 Å². The Morgan fingerprint density at radius 1 is 1.10 bits per heavy atom. The van der Waals surface area contributed by atoms with E-state index in [-0.39, 0.29) is 29.4 Å². The molecule has 41 heavy (non-hydrogen) atoms. The van der Waals surface area contributed by atoms with Crippen LogP contribution in [0.15, 0.2) is 65.1 Å². The number of halogens is 1. The maximum Gasteiger partial charge on any atom is 0.412 e. The summed E-state index contributed by atoms with van der Waals surface area (Å²) in [6, 6.07) is 15.2. The lowest BCUT2D eigenvalue weighted by atomic mass is 10.0. The molecule has 1 saturated carbocycles. The Labute approximate surface area is 235 Å². The minimum atomic E-state index is -3.79. The number of ether oxygens (including phenoxy) is 2. The average molecular weight is 583 g/mol. The molecule has 10 nitrogen and oxygen atoms in total. The van der Waals surface area contributed by atoms with Gasteiger partial charge in [0.05, 0.1) is 24.6 Å². The molecule has 214 valence electrons. The first kappa shape index (κ1) is 28.1. The number of carbonyl (C=O) groups is 2. The monoisotopic (exact) mass is 582 g/mol. The maximum absolute atomic E-state index is 13.2. The number of aliphatic hydroxyl groups excluding tert-OH is 1. The Balaban J connectivity index is 1.63. The third-order valence-corrected chi connectivity index (χ3v) is 7.66. The zero-order chi connectivity index (χ0) is 29.5. The van der Waals surface area contributed by atoms with Crippen molar-refractivity contribution in [2.24, 2.45) is 5.73 Å². The predicted octanol–water partition coefficient (Wildman–Crippen LogP) is 5.29. The van der Waals surface area contributed by atoms with Crippen molar-refractivity contribution >= 4 is 38.7 Å². The number of esters is 1. The molecule has 1 aliphatic carbocycles. The smallest absolute Gasteiger partial charge is 0.412 e. The summed E-state index contributed by atoms with van der Waals surface area (Å²) in [4.78, 5) is 24.6. The highest BCUT2D eigenvalue weighted by atomic mass is 32.2. The molecule has 3 aromatic carbocycles. The van der Waals surface area contributed by atoms with Gasteiger partial charge in [0.1, 0.15) is 34.2 Å². The van der Waals surface area contributed by atoms with Gasteiger partial charge < -0.3 is 24.7 Å². The normalized spacial score (nSPS) is 14.0. The first-order valence-corrected chi connectivity index (χ1v) is 14.6. The number of anilines is 1. The topological polar surface area (TPSA) is 149 Å². The van der Waals surface area contributed by atoms with Gasteiger partial charge in [-0.2, -0.15) is 0 Å². The molecule has 0 bridgehead atoms.